The van der Waals surface area contributed by atoms with Crippen molar-refractivity contribution in [3.8, 4) is 0 Å². The van der Waals surface area contributed by atoms with Crippen LogP contribution in [0.4, 0.5) is 10.5 Å². The lowest BCUT2D eigenvalue weighted by Crippen LogP contribution is -2.52. The van der Waals surface area contributed by atoms with Crippen molar-refractivity contribution >= 4 is 29.5 Å². The molecular formula is C20H26N4O5. The van der Waals surface area contributed by atoms with Crippen LogP contribution >= 0.6 is 0 Å². The molecule has 156 valence electrons. The van der Waals surface area contributed by atoms with E-state index in [1.165, 1.54) is 4.90 Å². The first kappa shape index (κ1) is 20.6. The third-order valence-electron chi connectivity index (χ3n) is 4.84. The molecule has 0 saturated carbocycles. The summed E-state index contributed by atoms with van der Waals surface area (Å²) in [6.45, 7) is 5.87. The Balaban J connectivity index is 1.77. The minimum absolute atomic E-state index is 0.212. The molecule has 9 nitrogen and oxygen atoms in total. The van der Waals surface area contributed by atoms with E-state index in [1.54, 1.807) is 33.9 Å². The number of carbonyl (C=O) groups excluding carboxylic acids is 4. The Hall–Kier alpha value is -3.10. The van der Waals surface area contributed by atoms with Crippen molar-refractivity contribution < 1.29 is 23.9 Å². The fraction of sp³-hybridized carbons (Fsp3) is 0.500. The second kappa shape index (κ2) is 7.73. The smallest absolute Gasteiger partial charge is 0.407 e. The van der Waals surface area contributed by atoms with Crippen LogP contribution in [0.15, 0.2) is 12.1 Å². The van der Waals surface area contributed by atoms with Crippen molar-refractivity contribution in [3.05, 3.63) is 28.8 Å². The summed E-state index contributed by atoms with van der Waals surface area (Å²) in [7, 11) is 1.73. The number of anilines is 1. The molecule has 4 amide bonds. The van der Waals surface area contributed by atoms with Crippen molar-refractivity contribution in [2.45, 2.75) is 58.3 Å². The topological polar surface area (TPSA) is 117 Å². The number of benzene rings is 1. The van der Waals surface area contributed by atoms with Crippen LogP contribution in [0.25, 0.3) is 0 Å². The van der Waals surface area contributed by atoms with Gasteiger partial charge in [0.2, 0.25) is 11.8 Å². The van der Waals surface area contributed by atoms with Crippen molar-refractivity contribution in [1.29, 1.82) is 0 Å². The number of nitrogens with one attached hydrogen (secondary N) is 3. The summed E-state index contributed by atoms with van der Waals surface area (Å²) in [6, 6.07) is 2.92. The molecule has 1 atom stereocenters. The van der Waals surface area contributed by atoms with E-state index < -0.39 is 23.6 Å². The SMILES string of the molecule is CNc1cc2c(cc1CNC(=O)OC(C)(C)C)CN(C1CCC(=O)NC1=O)C2=O. The molecule has 0 aliphatic carbocycles. The average Bonchev–Trinajstić information content (AvgIpc) is 2.93. The standard InChI is InChI=1S/C20H26N4O5/c1-20(2,3)29-19(28)22-9-11-7-12-10-24(15-5-6-16(25)23-17(15)26)18(27)13(12)8-14(11)21-4/h7-8,15,21H,5-6,9-10H2,1-4H3,(H,22,28)(H,23,25,26). The van der Waals surface area contributed by atoms with Crippen LogP contribution in [-0.2, 0) is 27.4 Å². The highest BCUT2D eigenvalue weighted by molar-refractivity contribution is 6.05. The van der Waals surface area contributed by atoms with Gasteiger partial charge in [0, 0.05) is 37.8 Å². The van der Waals surface area contributed by atoms with Crippen LogP contribution in [0, 0.1) is 0 Å². The van der Waals surface area contributed by atoms with Crippen molar-refractivity contribution in [3.63, 3.8) is 0 Å². The Morgan fingerprint density at radius 1 is 1.28 bits per heavy atom. The number of amides is 4. The summed E-state index contributed by atoms with van der Waals surface area (Å²) in [4.78, 5) is 49.9. The molecule has 2 aliphatic heterocycles. The second-order valence-corrected chi connectivity index (χ2v) is 8.17. The van der Waals surface area contributed by atoms with Crippen molar-refractivity contribution in [2.75, 3.05) is 12.4 Å². The minimum Gasteiger partial charge on any atom is -0.444 e. The van der Waals surface area contributed by atoms with E-state index in [0.29, 0.717) is 17.7 Å². The number of piperidine rings is 1. The van der Waals surface area contributed by atoms with Crippen LogP contribution in [0.2, 0.25) is 0 Å². The fourth-order valence-electron chi connectivity index (χ4n) is 3.53. The number of fused-ring (bicyclic) bond motifs is 1. The second-order valence-electron chi connectivity index (χ2n) is 8.17. The van der Waals surface area contributed by atoms with Gasteiger partial charge in [-0.1, -0.05) is 0 Å². The van der Waals surface area contributed by atoms with Gasteiger partial charge in [0.05, 0.1) is 0 Å². The maximum Gasteiger partial charge on any atom is 0.407 e. The van der Waals surface area contributed by atoms with Crippen LogP contribution < -0.4 is 16.0 Å². The normalized spacial score (nSPS) is 19.0. The summed E-state index contributed by atoms with van der Waals surface area (Å²) in [5.74, 6) is -0.996. The van der Waals surface area contributed by atoms with Gasteiger partial charge in [-0.2, -0.15) is 0 Å². The highest BCUT2D eigenvalue weighted by Crippen LogP contribution is 2.31. The molecule has 1 aromatic rings. The van der Waals surface area contributed by atoms with E-state index in [9.17, 15) is 19.2 Å². The van der Waals surface area contributed by atoms with E-state index in [4.69, 9.17) is 4.74 Å². The van der Waals surface area contributed by atoms with E-state index >= 15 is 0 Å². The monoisotopic (exact) mass is 402 g/mol. The van der Waals surface area contributed by atoms with Gasteiger partial charge >= 0.3 is 6.09 Å². The van der Waals surface area contributed by atoms with Gasteiger partial charge in [0.25, 0.3) is 5.91 Å². The predicted octanol–water partition coefficient (Wildman–Crippen LogP) is 1.51. The van der Waals surface area contributed by atoms with E-state index in [-0.39, 0.29) is 31.3 Å². The Morgan fingerprint density at radius 2 is 2.00 bits per heavy atom. The maximum absolute atomic E-state index is 12.9. The molecule has 3 N–H and O–H groups in total. The lowest BCUT2D eigenvalue weighted by atomic mass is 10.0. The van der Waals surface area contributed by atoms with Crippen LogP contribution in [0.5, 0.6) is 0 Å². The Morgan fingerprint density at radius 3 is 2.62 bits per heavy atom. The molecule has 0 aromatic heterocycles. The zero-order valence-electron chi connectivity index (χ0n) is 17.0. The molecule has 0 spiro atoms. The number of alkyl carbamates (subject to hydrolysis) is 1. The molecule has 2 aliphatic rings. The number of carbonyl (C=O) groups is 4. The molecule has 29 heavy (non-hydrogen) atoms. The third-order valence-corrected chi connectivity index (χ3v) is 4.84. The van der Waals surface area contributed by atoms with Gasteiger partial charge in [-0.15, -0.1) is 0 Å². The van der Waals surface area contributed by atoms with Gasteiger partial charge < -0.3 is 20.3 Å². The Bertz CT molecular complexity index is 874. The first-order chi connectivity index (χ1) is 13.6. The molecule has 9 heteroatoms. The number of hydrogen-bond donors (Lipinski definition) is 3. The summed E-state index contributed by atoms with van der Waals surface area (Å²) in [6.07, 6.45) is 0.000897. The molecule has 2 heterocycles. The fourth-order valence-corrected chi connectivity index (χ4v) is 3.53. The Kier molecular flexibility index (Phi) is 5.50. The van der Waals surface area contributed by atoms with Crippen LogP contribution in [0.1, 0.15) is 55.1 Å². The first-order valence-corrected chi connectivity index (χ1v) is 9.54. The van der Waals surface area contributed by atoms with E-state index in [0.717, 1.165) is 11.1 Å². The van der Waals surface area contributed by atoms with Gasteiger partial charge in [-0.3, -0.25) is 19.7 Å². The zero-order valence-corrected chi connectivity index (χ0v) is 17.0. The number of hydrogen-bond acceptors (Lipinski definition) is 6. The lowest BCUT2D eigenvalue weighted by Gasteiger charge is -2.29. The third kappa shape index (κ3) is 4.49. The zero-order chi connectivity index (χ0) is 21.3. The quantitative estimate of drug-likeness (QED) is 0.658. The molecule has 1 saturated heterocycles. The highest BCUT2D eigenvalue weighted by Gasteiger charge is 2.39. The van der Waals surface area contributed by atoms with Crippen LogP contribution in [-0.4, -0.2) is 47.4 Å². The van der Waals surface area contributed by atoms with Gasteiger partial charge in [0.1, 0.15) is 11.6 Å². The lowest BCUT2D eigenvalue weighted by molar-refractivity contribution is -0.136. The number of ether oxygens (including phenoxy) is 1. The van der Waals surface area contributed by atoms with E-state index in [1.807, 2.05) is 6.07 Å². The predicted molar refractivity (Wildman–Crippen MR) is 105 cm³/mol. The van der Waals surface area contributed by atoms with Gasteiger partial charge in [0.15, 0.2) is 0 Å². The van der Waals surface area contributed by atoms with Crippen LogP contribution in [0.3, 0.4) is 0 Å². The average molecular weight is 402 g/mol. The summed E-state index contributed by atoms with van der Waals surface area (Å²) in [5.41, 5.74) is 2.20. The molecule has 1 aromatic carbocycles. The summed E-state index contributed by atoms with van der Waals surface area (Å²) < 4.78 is 5.25. The molecule has 1 unspecified atom stereocenters. The summed E-state index contributed by atoms with van der Waals surface area (Å²) >= 11 is 0. The number of imide groups is 1. The molecule has 0 radical (unpaired) electrons. The van der Waals surface area contributed by atoms with E-state index in [2.05, 4.69) is 16.0 Å². The molecular weight excluding hydrogens is 376 g/mol. The maximum atomic E-state index is 12.9. The van der Waals surface area contributed by atoms with Crippen molar-refractivity contribution in [2.24, 2.45) is 0 Å². The molecule has 3 rings (SSSR count). The van der Waals surface area contributed by atoms with Gasteiger partial charge in [-0.25, -0.2) is 4.79 Å². The minimum atomic E-state index is -0.658. The molecule has 1 fully saturated rings. The highest BCUT2D eigenvalue weighted by atomic mass is 16.6. The number of rotatable bonds is 4. The summed E-state index contributed by atoms with van der Waals surface area (Å²) in [5, 5.41) is 8.05. The first-order valence-electron chi connectivity index (χ1n) is 9.54. The molecule has 0 bridgehead atoms. The largest absolute Gasteiger partial charge is 0.444 e. The van der Waals surface area contributed by atoms with Crippen molar-refractivity contribution in [1.82, 2.24) is 15.5 Å². The Labute approximate surface area is 169 Å². The van der Waals surface area contributed by atoms with Gasteiger partial charge in [-0.05, 0) is 50.5 Å². The number of nitrogens with zero attached hydrogens (tertiary/aromatic N) is 1.